The van der Waals surface area contributed by atoms with Gasteiger partial charge in [-0.05, 0) is 79.8 Å². The molecular formula is C28H35NO5. The SMILES string of the molecule is Cc1ccc(NC(=O)COC(=O)c2ccccc2C(=O)O[C@@H]2C[C@H](C)CC[C@H]2C(C)C)cc1C. The summed E-state index contributed by atoms with van der Waals surface area (Å²) in [5.41, 5.74) is 3.05. The quantitative estimate of drug-likeness (QED) is 0.529. The number of carbonyl (C=O) groups excluding carboxylic acids is 3. The van der Waals surface area contributed by atoms with Crippen molar-refractivity contribution in [3.8, 4) is 0 Å². The molecule has 1 amide bonds. The Bertz CT molecular complexity index is 1040. The molecule has 6 heteroatoms. The predicted molar refractivity (Wildman–Crippen MR) is 132 cm³/mol. The molecule has 1 aliphatic carbocycles. The number of ether oxygens (including phenoxy) is 2. The smallest absolute Gasteiger partial charge is 0.339 e. The number of benzene rings is 2. The third kappa shape index (κ3) is 6.46. The van der Waals surface area contributed by atoms with Crippen LogP contribution >= 0.6 is 0 Å². The maximum atomic E-state index is 13.0. The van der Waals surface area contributed by atoms with Crippen molar-refractivity contribution in [2.45, 2.75) is 60.0 Å². The summed E-state index contributed by atoms with van der Waals surface area (Å²) < 4.78 is 11.1. The van der Waals surface area contributed by atoms with E-state index in [0.717, 1.165) is 30.4 Å². The highest BCUT2D eigenvalue weighted by Gasteiger charge is 2.34. The summed E-state index contributed by atoms with van der Waals surface area (Å²) in [7, 11) is 0. The van der Waals surface area contributed by atoms with Gasteiger partial charge in [0.15, 0.2) is 6.61 Å². The van der Waals surface area contributed by atoms with Crippen LogP contribution in [0, 0.1) is 31.6 Å². The monoisotopic (exact) mass is 465 g/mol. The number of esters is 2. The molecule has 0 saturated heterocycles. The molecule has 3 rings (SSSR count). The Hall–Kier alpha value is -3.15. The third-order valence-corrected chi connectivity index (χ3v) is 6.71. The molecule has 0 radical (unpaired) electrons. The second-order valence-corrected chi connectivity index (χ2v) is 9.74. The molecule has 2 aromatic rings. The van der Waals surface area contributed by atoms with Crippen molar-refractivity contribution < 1.29 is 23.9 Å². The van der Waals surface area contributed by atoms with Gasteiger partial charge in [0.05, 0.1) is 11.1 Å². The van der Waals surface area contributed by atoms with Gasteiger partial charge in [-0.25, -0.2) is 9.59 Å². The number of hydrogen-bond donors (Lipinski definition) is 1. The zero-order valence-electron chi connectivity index (χ0n) is 20.7. The minimum Gasteiger partial charge on any atom is -0.458 e. The molecule has 3 atom stereocenters. The molecule has 1 N–H and O–H groups in total. The summed E-state index contributed by atoms with van der Waals surface area (Å²) in [5, 5.41) is 2.72. The number of anilines is 1. The molecule has 0 aromatic heterocycles. The lowest BCUT2D eigenvalue weighted by Gasteiger charge is -2.36. The molecule has 0 heterocycles. The molecule has 0 bridgehead atoms. The van der Waals surface area contributed by atoms with Crippen LogP contribution in [0.5, 0.6) is 0 Å². The highest BCUT2D eigenvalue weighted by atomic mass is 16.5. The molecule has 0 unspecified atom stereocenters. The van der Waals surface area contributed by atoms with Crippen molar-refractivity contribution in [1.29, 1.82) is 0 Å². The van der Waals surface area contributed by atoms with Crippen LogP contribution in [0.3, 0.4) is 0 Å². The lowest BCUT2D eigenvalue weighted by Crippen LogP contribution is -2.36. The van der Waals surface area contributed by atoms with Crippen molar-refractivity contribution >= 4 is 23.5 Å². The zero-order valence-corrected chi connectivity index (χ0v) is 20.7. The summed E-state index contributed by atoms with van der Waals surface area (Å²) >= 11 is 0. The molecule has 0 aliphatic heterocycles. The van der Waals surface area contributed by atoms with Crippen molar-refractivity contribution in [2.24, 2.45) is 17.8 Å². The average molecular weight is 466 g/mol. The van der Waals surface area contributed by atoms with Gasteiger partial charge in [-0.2, -0.15) is 0 Å². The van der Waals surface area contributed by atoms with E-state index in [-0.39, 0.29) is 17.2 Å². The fraction of sp³-hybridized carbons (Fsp3) is 0.464. The van der Waals surface area contributed by atoms with E-state index in [1.807, 2.05) is 26.0 Å². The largest absolute Gasteiger partial charge is 0.458 e. The van der Waals surface area contributed by atoms with Crippen molar-refractivity contribution in [1.82, 2.24) is 0 Å². The summed E-state index contributed by atoms with van der Waals surface area (Å²) in [4.78, 5) is 38.1. The molecule has 2 aromatic carbocycles. The van der Waals surface area contributed by atoms with Gasteiger partial charge in [0.2, 0.25) is 0 Å². The first kappa shape index (κ1) is 25.5. The van der Waals surface area contributed by atoms with E-state index in [9.17, 15) is 14.4 Å². The first-order chi connectivity index (χ1) is 16.2. The van der Waals surface area contributed by atoms with Gasteiger partial charge in [-0.3, -0.25) is 4.79 Å². The van der Waals surface area contributed by atoms with Crippen LogP contribution in [0.15, 0.2) is 42.5 Å². The van der Waals surface area contributed by atoms with Crippen LogP contribution in [0.2, 0.25) is 0 Å². The van der Waals surface area contributed by atoms with Crippen molar-refractivity contribution in [2.75, 3.05) is 11.9 Å². The fourth-order valence-corrected chi connectivity index (χ4v) is 4.52. The average Bonchev–Trinajstić information content (AvgIpc) is 2.79. The topological polar surface area (TPSA) is 81.7 Å². The first-order valence-electron chi connectivity index (χ1n) is 12.0. The second-order valence-electron chi connectivity index (χ2n) is 9.74. The van der Waals surface area contributed by atoms with Gasteiger partial charge in [0.1, 0.15) is 6.10 Å². The van der Waals surface area contributed by atoms with E-state index in [2.05, 4.69) is 26.1 Å². The number of aryl methyl sites for hydroxylation is 2. The Kier molecular flexibility index (Phi) is 8.48. The van der Waals surface area contributed by atoms with E-state index in [4.69, 9.17) is 9.47 Å². The maximum Gasteiger partial charge on any atom is 0.339 e. The molecule has 34 heavy (non-hydrogen) atoms. The lowest BCUT2D eigenvalue weighted by molar-refractivity contribution is -0.119. The van der Waals surface area contributed by atoms with Crippen LogP contribution in [-0.4, -0.2) is 30.6 Å². The number of hydrogen-bond acceptors (Lipinski definition) is 5. The zero-order chi connectivity index (χ0) is 24.8. The van der Waals surface area contributed by atoms with E-state index < -0.39 is 24.5 Å². The Morgan fingerprint density at radius 3 is 2.29 bits per heavy atom. The molecule has 1 aliphatic rings. The van der Waals surface area contributed by atoms with Crippen LogP contribution in [-0.2, 0) is 14.3 Å². The Labute approximate surface area is 202 Å². The summed E-state index contributed by atoms with van der Waals surface area (Å²) in [5.74, 6) is -0.525. The predicted octanol–water partition coefficient (Wildman–Crippen LogP) is 5.72. The molecule has 1 saturated carbocycles. The van der Waals surface area contributed by atoms with Gasteiger partial charge >= 0.3 is 11.9 Å². The Morgan fingerprint density at radius 2 is 1.65 bits per heavy atom. The second kappa shape index (κ2) is 11.3. The minimum atomic E-state index is -0.736. The number of carbonyl (C=O) groups is 3. The van der Waals surface area contributed by atoms with Crippen molar-refractivity contribution in [3.05, 3.63) is 64.7 Å². The Morgan fingerprint density at radius 1 is 0.971 bits per heavy atom. The first-order valence-corrected chi connectivity index (χ1v) is 12.0. The van der Waals surface area contributed by atoms with Crippen LogP contribution in [0.25, 0.3) is 0 Å². The number of amides is 1. The van der Waals surface area contributed by atoms with E-state index in [1.54, 1.807) is 24.3 Å². The Balaban J connectivity index is 1.64. The molecule has 6 nitrogen and oxygen atoms in total. The maximum absolute atomic E-state index is 13.0. The van der Waals surface area contributed by atoms with Gasteiger partial charge in [0.25, 0.3) is 5.91 Å². The van der Waals surface area contributed by atoms with E-state index >= 15 is 0 Å². The van der Waals surface area contributed by atoms with Crippen LogP contribution in [0.4, 0.5) is 5.69 Å². The third-order valence-electron chi connectivity index (χ3n) is 6.71. The molecular weight excluding hydrogens is 430 g/mol. The highest BCUT2D eigenvalue weighted by Crippen LogP contribution is 2.35. The standard InChI is InChI=1S/C28H35NO5/c1-17(2)22-13-10-18(3)14-25(22)34-28(32)24-9-7-6-8-23(24)27(31)33-16-26(30)29-21-12-11-19(4)20(5)15-21/h6-9,11-12,15,17-18,22,25H,10,13-14,16H2,1-5H3,(H,29,30)/t18-,22+,25-/m1/s1. The van der Waals surface area contributed by atoms with Crippen molar-refractivity contribution in [3.63, 3.8) is 0 Å². The van der Waals surface area contributed by atoms with Gasteiger partial charge < -0.3 is 14.8 Å². The normalized spacial score (nSPS) is 20.0. The van der Waals surface area contributed by atoms with Gasteiger partial charge in [0, 0.05) is 5.69 Å². The summed E-state index contributed by atoms with van der Waals surface area (Å²) in [6, 6.07) is 12.0. The minimum absolute atomic E-state index is 0.0939. The molecule has 182 valence electrons. The molecule has 1 fully saturated rings. The van der Waals surface area contributed by atoms with Gasteiger partial charge in [-0.15, -0.1) is 0 Å². The lowest BCUT2D eigenvalue weighted by atomic mass is 9.75. The summed E-state index contributed by atoms with van der Waals surface area (Å²) in [6.07, 6.45) is 2.80. The number of rotatable bonds is 7. The van der Waals surface area contributed by atoms with Crippen LogP contribution < -0.4 is 5.32 Å². The van der Waals surface area contributed by atoms with Crippen LogP contribution in [0.1, 0.15) is 71.9 Å². The molecule has 0 spiro atoms. The highest BCUT2D eigenvalue weighted by molar-refractivity contribution is 6.04. The fourth-order valence-electron chi connectivity index (χ4n) is 4.52. The number of nitrogens with one attached hydrogen (secondary N) is 1. The summed E-state index contributed by atoms with van der Waals surface area (Å²) in [6.45, 7) is 9.96. The van der Waals surface area contributed by atoms with E-state index in [0.29, 0.717) is 23.4 Å². The van der Waals surface area contributed by atoms with E-state index in [1.165, 1.54) is 6.07 Å². The van der Waals surface area contributed by atoms with Gasteiger partial charge in [-0.1, -0.05) is 45.4 Å².